The molecule has 0 atom stereocenters. The van der Waals surface area contributed by atoms with Gasteiger partial charge in [0.2, 0.25) is 0 Å². The van der Waals surface area contributed by atoms with Crippen molar-refractivity contribution in [3.05, 3.63) is 13.8 Å². The van der Waals surface area contributed by atoms with E-state index in [2.05, 4.69) is 13.8 Å². The van der Waals surface area contributed by atoms with E-state index in [1.165, 1.54) is 0 Å². The summed E-state index contributed by atoms with van der Waals surface area (Å²) in [5.74, 6) is 0. The zero-order valence-electron chi connectivity index (χ0n) is 3.96. The molecule has 0 aromatic heterocycles. The quantitative estimate of drug-likeness (QED) is 0.384. The minimum atomic E-state index is 0. The number of hydrogen-bond acceptors (Lipinski definition) is 2. The summed E-state index contributed by atoms with van der Waals surface area (Å²) in [7, 11) is 0. The molecule has 3 heteroatoms. The molecule has 0 bridgehead atoms. The van der Waals surface area contributed by atoms with Crippen molar-refractivity contribution in [2.45, 2.75) is 0 Å². The van der Waals surface area contributed by atoms with Gasteiger partial charge >= 0.3 is 0 Å². The van der Waals surface area contributed by atoms with Crippen LogP contribution in [0.15, 0.2) is 0 Å². The first-order valence-electron chi connectivity index (χ1n) is 1.29. The van der Waals surface area contributed by atoms with Gasteiger partial charge in [0.1, 0.15) is 0 Å². The van der Waals surface area contributed by atoms with Gasteiger partial charge in [-0.1, -0.05) is 0 Å². The minimum absolute atomic E-state index is 0. The van der Waals surface area contributed by atoms with E-state index < -0.39 is 0 Å². The van der Waals surface area contributed by atoms with Crippen molar-refractivity contribution in [1.82, 2.24) is 0 Å². The number of carbonyl (C=O) groups excluding carboxylic acids is 2. The fourth-order valence-electron chi connectivity index (χ4n) is 0. The van der Waals surface area contributed by atoms with E-state index in [0.29, 0.717) is 12.6 Å². The van der Waals surface area contributed by atoms with Crippen LogP contribution in [0, 0.1) is 13.8 Å². The topological polar surface area (TPSA) is 34.1 Å². The van der Waals surface area contributed by atoms with Gasteiger partial charge in [-0.15, -0.1) is 0 Å². The monoisotopic (exact) mass is 175 g/mol. The molecule has 0 aromatic carbocycles. The Labute approximate surface area is 68.5 Å². The van der Waals surface area contributed by atoms with E-state index >= 15 is 0 Å². The number of rotatable bonds is 0. The van der Waals surface area contributed by atoms with Gasteiger partial charge in [0.25, 0.3) is 0 Å². The Balaban J connectivity index is -0.0000000400. The van der Waals surface area contributed by atoms with E-state index in [0.717, 1.165) is 0 Å². The van der Waals surface area contributed by atoms with Gasteiger partial charge in [0, 0.05) is 32.7 Å². The van der Waals surface area contributed by atoms with Crippen LogP contribution >= 0.6 is 0 Å². The fraction of sp³-hybridized carbons (Fsp3) is 0. The van der Waals surface area contributed by atoms with Gasteiger partial charge in [-0.3, -0.25) is 0 Å². The zero-order chi connectivity index (χ0) is 5.41. The van der Waals surface area contributed by atoms with E-state index in [4.69, 9.17) is 9.59 Å². The predicted molar refractivity (Wildman–Crippen MR) is 22.8 cm³/mol. The van der Waals surface area contributed by atoms with Crippen LogP contribution in [-0.2, 0) is 42.3 Å². The average molecular weight is 175 g/mol. The molecule has 0 unspecified atom stereocenters. The number of hydrogen-bond donors (Lipinski definition) is 0. The Morgan fingerprint density at radius 1 is 1.00 bits per heavy atom. The van der Waals surface area contributed by atoms with Crippen LogP contribution in [0.5, 0.6) is 0 Å². The Morgan fingerprint density at radius 3 is 1.00 bits per heavy atom. The van der Waals surface area contributed by atoms with Crippen LogP contribution in [0.25, 0.3) is 0 Å². The second-order valence-electron chi connectivity index (χ2n) is 0.333. The van der Waals surface area contributed by atoms with Gasteiger partial charge in [-0.2, -0.15) is 0 Å². The molecule has 0 heterocycles. The maximum atomic E-state index is 8.69. The molecule has 7 heavy (non-hydrogen) atoms. The Kier molecular flexibility index (Phi) is 78.1. The summed E-state index contributed by atoms with van der Waals surface area (Å²) < 4.78 is 0. The molecule has 0 aromatic rings. The number of carbonyl (C=O) groups is 2. The second-order valence-corrected chi connectivity index (χ2v) is 0.333. The maximum absolute atomic E-state index is 8.69. The van der Waals surface area contributed by atoms with Crippen LogP contribution in [-0.4, -0.2) is 12.6 Å². The van der Waals surface area contributed by atoms with Gasteiger partial charge in [-0.25, -0.2) is 0 Å². The van der Waals surface area contributed by atoms with E-state index in [1.807, 2.05) is 0 Å². The molecule has 0 aliphatic heterocycles. The largest absolute Gasteiger partial charge is 0.343 e. The summed E-state index contributed by atoms with van der Waals surface area (Å²) in [6.45, 7) is 5.61. The second kappa shape index (κ2) is 34.8. The number of aldehydes is 2. The van der Waals surface area contributed by atoms with Gasteiger partial charge in [0.15, 0.2) is 0 Å². The standard InChI is InChI=1S/2C2H3O.Y/c2*1-2-3;/h2*2H,1H2;/q2*-1;. The average Bonchev–Trinajstić information content (AvgIpc) is 1.39. The molecule has 0 saturated carbocycles. The Morgan fingerprint density at radius 2 is 1.00 bits per heavy atom. The first-order valence-corrected chi connectivity index (χ1v) is 1.29. The normalized spacial score (nSPS) is 3.43. The summed E-state index contributed by atoms with van der Waals surface area (Å²) in [5, 5.41) is 0. The predicted octanol–water partition coefficient (Wildman–Crippen LogP) is 0.0363. The molecule has 0 amide bonds. The van der Waals surface area contributed by atoms with Crippen LogP contribution < -0.4 is 0 Å². The molecule has 0 aliphatic carbocycles. The third kappa shape index (κ3) is 3200. The van der Waals surface area contributed by atoms with Crippen LogP contribution in [0.2, 0.25) is 0 Å². The summed E-state index contributed by atoms with van der Waals surface area (Å²) in [6, 6.07) is 0. The van der Waals surface area contributed by atoms with Crippen LogP contribution in [0.1, 0.15) is 0 Å². The summed E-state index contributed by atoms with van der Waals surface area (Å²) in [6.07, 6.45) is 1.00. The molecule has 0 fully saturated rings. The molecular weight excluding hydrogens is 169 g/mol. The van der Waals surface area contributed by atoms with Crippen LogP contribution in [0.3, 0.4) is 0 Å². The molecule has 39 valence electrons. The summed E-state index contributed by atoms with van der Waals surface area (Å²) >= 11 is 0. The zero-order valence-corrected chi connectivity index (χ0v) is 6.80. The van der Waals surface area contributed by atoms with Gasteiger partial charge in [-0.05, 0) is 12.6 Å². The third-order valence-electron chi connectivity index (χ3n) is 0. The maximum Gasteiger partial charge on any atom is 0 e. The van der Waals surface area contributed by atoms with Crippen molar-refractivity contribution in [2.75, 3.05) is 0 Å². The molecule has 0 N–H and O–H groups in total. The smallest absolute Gasteiger partial charge is 0 e. The van der Waals surface area contributed by atoms with Crippen molar-refractivity contribution < 1.29 is 42.3 Å². The molecule has 0 rings (SSSR count). The van der Waals surface area contributed by atoms with E-state index in [-0.39, 0.29) is 32.7 Å². The van der Waals surface area contributed by atoms with Crippen molar-refractivity contribution in [1.29, 1.82) is 0 Å². The van der Waals surface area contributed by atoms with Crippen molar-refractivity contribution in [2.24, 2.45) is 0 Å². The fourth-order valence-corrected chi connectivity index (χ4v) is 0. The Bertz CT molecular complexity index is 30.7. The summed E-state index contributed by atoms with van der Waals surface area (Å²) in [5.41, 5.74) is 0. The molecule has 0 spiro atoms. The summed E-state index contributed by atoms with van der Waals surface area (Å²) in [4.78, 5) is 17.4. The molecule has 0 aliphatic rings. The Hall–Kier alpha value is 0.184. The molecule has 2 nitrogen and oxygen atoms in total. The molecule has 1 radical (unpaired) electrons. The van der Waals surface area contributed by atoms with Crippen molar-refractivity contribution in [3.8, 4) is 0 Å². The first-order chi connectivity index (χ1) is 2.83. The molecule has 0 saturated heterocycles. The minimum Gasteiger partial charge on any atom is -0.343 e. The SMILES string of the molecule is [CH2-]C=O.[CH2-]C=O.[Y]. The third-order valence-corrected chi connectivity index (χ3v) is 0. The van der Waals surface area contributed by atoms with Gasteiger partial charge in [0.05, 0.1) is 0 Å². The van der Waals surface area contributed by atoms with Gasteiger partial charge < -0.3 is 23.4 Å². The first kappa shape index (κ1) is 15.7. The van der Waals surface area contributed by atoms with Crippen LogP contribution in [0.4, 0.5) is 0 Å². The molecular formula is C4H6O2Y-2. The van der Waals surface area contributed by atoms with E-state index in [9.17, 15) is 0 Å². The van der Waals surface area contributed by atoms with Crippen molar-refractivity contribution >= 4 is 12.6 Å². The van der Waals surface area contributed by atoms with Crippen molar-refractivity contribution in [3.63, 3.8) is 0 Å². The van der Waals surface area contributed by atoms with E-state index in [1.54, 1.807) is 0 Å².